The molecule has 0 saturated carbocycles. The predicted octanol–water partition coefficient (Wildman–Crippen LogP) is 3.04. The second-order valence-corrected chi connectivity index (χ2v) is 4.64. The van der Waals surface area contributed by atoms with Crippen molar-refractivity contribution < 1.29 is 14.2 Å². The van der Waals surface area contributed by atoms with E-state index in [2.05, 4.69) is 12.2 Å². The van der Waals surface area contributed by atoms with Crippen LogP contribution in [-0.4, -0.2) is 24.9 Å². The number of ether oxygens (including phenoxy) is 1. The van der Waals surface area contributed by atoms with Gasteiger partial charge in [0.2, 0.25) is 0 Å². The highest BCUT2D eigenvalue weighted by atomic mass is 19.1. The van der Waals surface area contributed by atoms with E-state index in [4.69, 9.17) is 9.84 Å². The Hall–Kier alpha value is -1.13. The summed E-state index contributed by atoms with van der Waals surface area (Å²) < 4.78 is 19.4. The fourth-order valence-electron chi connectivity index (χ4n) is 1.82. The average molecular weight is 269 g/mol. The molecular formula is C15H24FNO2. The van der Waals surface area contributed by atoms with Gasteiger partial charge in [-0.3, -0.25) is 0 Å². The van der Waals surface area contributed by atoms with Crippen LogP contribution in [0.25, 0.3) is 0 Å². The molecule has 3 nitrogen and oxygen atoms in total. The van der Waals surface area contributed by atoms with Gasteiger partial charge in [-0.05, 0) is 38.8 Å². The van der Waals surface area contributed by atoms with E-state index < -0.39 is 0 Å². The van der Waals surface area contributed by atoms with Crippen LogP contribution in [0.15, 0.2) is 18.2 Å². The number of hydrogen-bond donors (Lipinski definition) is 2. The van der Waals surface area contributed by atoms with Crippen molar-refractivity contribution in [2.75, 3.05) is 19.8 Å². The van der Waals surface area contributed by atoms with Crippen molar-refractivity contribution in [2.45, 2.75) is 39.2 Å². The smallest absolute Gasteiger partial charge is 0.131 e. The molecule has 1 unspecified atom stereocenters. The molecule has 2 N–H and O–H groups in total. The Morgan fingerprint density at radius 3 is 2.79 bits per heavy atom. The van der Waals surface area contributed by atoms with Gasteiger partial charge >= 0.3 is 0 Å². The first-order chi connectivity index (χ1) is 9.19. The number of unbranched alkanes of at least 4 members (excludes halogenated alkanes) is 1. The average Bonchev–Trinajstić information content (AvgIpc) is 2.41. The number of benzene rings is 1. The number of rotatable bonds is 9. The molecule has 108 valence electrons. The van der Waals surface area contributed by atoms with Crippen molar-refractivity contribution in [3.8, 4) is 5.75 Å². The second-order valence-electron chi connectivity index (χ2n) is 4.64. The molecule has 0 saturated heterocycles. The predicted molar refractivity (Wildman–Crippen MR) is 74.9 cm³/mol. The molecule has 1 atom stereocenters. The van der Waals surface area contributed by atoms with Gasteiger partial charge in [-0.1, -0.05) is 13.0 Å². The highest BCUT2D eigenvalue weighted by Gasteiger charge is 2.10. The van der Waals surface area contributed by atoms with Crippen molar-refractivity contribution >= 4 is 0 Å². The quantitative estimate of drug-likeness (QED) is 0.677. The van der Waals surface area contributed by atoms with E-state index in [9.17, 15) is 4.39 Å². The third kappa shape index (κ3) is 5.57. The van der Waals surface area contributed by atoms with Crippen LogP contribution < -0.4 is 10.1 Å². The Balaban J connectivity index is 2.53. The zero-order valence-corrected chi connectivity index (χ0v) is 11.8. The fourth-order valence-corrected chi connectivity index (χ4v) is 1.82. The van der Waals surface area contributed by atoms with E-state index >= 15 is 0 Å². The molecule has 0 aliphatic carbocycles. The van der Waals surface area contributed by atoms with Crippen molar-refractivity contribution in [1.29, 1.82) is 0 Å². The van der Waals surface area contributed by atoms with Crippen molar-refractivity contribution in [2.24, 2.45) is 0 Å². The molecule has 0 bridgehead atoms. The van der Waals surface area contributed by atoms with E-state index in [1.807, 2.05) is 6.92 Å². The Labute approximate surface area is 114 Å². The molecule has 0 spiro atoms. The van der Waals surface area contributed by atoms with Crippen LogP contribution in [0.4, 0.5) is 4.39 Å². The molecule has 1 aromatic carbocycles. The second kappa shape index (κ2) is 8.88. The number of aliphatic hydroxyl groups excluding tert-OH is 1. The first kappa shape index (κ1) is 15.9. The maximum atomic E-state index is 13.9. The number of nitrogens with one attached hydrogen (secondary N) is 1. The summed E-state index contributed by atoms with van der Waals surface area (Å²) in [7, 11) is 0. The maximum absolute atomic E-state index is 13.9. The fraction of sp³-hybridized carbons (Fsp3) is 0.600. The van der Waals surface area contributed by atoms with Crippen LogP contribution in [0, 0.1) is 5.82 Å². The molecule has 0 aliphatic rings. The van der Waals surface area contributed by atoms with Crippen molar-refractivity contribution in [3.05, 3.63) is 29.6 Å². The number of aliphatic hydroxyl groups is 1. The Morgan fingerprint density at radius 1 is 1.37 bits per heavy atom. The van der Waals surface area contributed by atoms with Gasteiger partial charge in [0, 0.05) is 24.3 Å². The molecule has 0 fully saturated rings. The summed E-state index contributed by atoms with van der Waals surface area (Å²) in [5.41, 5.74) is 0.663. The minimum absolute atomic E-state index is 0.00314. The summed E-state index contributed by atoms with van der Waals surface area (Å²) in [5.74, 6) is 0.303. The third-order valence-electron chi connectivity index (χ3n) is 2.96. The molecule has 0 amide bonds. The molecule has 1 rings (SSSR count). The van der Waals surface area contributed by atoms with Gasteiger partial charge in [-0.25, -0.2) is 4.39 Å². The Bertz CT molecular complexity index is 371. The van der Waals surface area contributed by atoms with E-state index in [0.717, 1.165) is 19.4 Å². The molecule has 0 aromatic heterocycles. The summed E-state index contributed by atoms with van der Waals surface area (Å²) in [6.45, 7) is 5.58. The minimum atomic E-state index is -0.240. The summed E-state index contributed by atoms with van der Waals surface area (Å²) in [5, 5.41) is 11.9. The van der Waals surface area contributed by atoms with Gasteiger partial charge < -0.3 is 15.2 Å². The van der Waals surface area contributed by atoms with Crippen LogP contribution in [0.1, 0.15) is 44.7 Å². The zero-order valence-electron chi connectivity index (χ0n) is 11.8. The van der Waals surface area contributed by atoms with Gasteiger partial charge in [0.05, 0.1) is 6.61 Å². The van der Waals surface area contributed by atoms with Gasteiger partial charge in [-0.15, -0.1) is 0 Å². The zero-order chi connectivity index (χ0) is 14.1. The highest BCUT2D eigenvalue weighted by molar-refractivity contribution is 5.30. The summed E-state index contributed by atoms with van der Waals surface area (Å²) in [6.07, 6.45) is 2.50. The molecule has 4 heteroatoms. The number of hydrogen-bond acceptors (Lipinski definition) is 3. The molecule has 0 aliphatic heterocycles. The molecule has 0 heterocycles. The monoisotopic (exact) mass is 269 g/mol. The van der Waals surface area contributed by atoms with Crippen LogP contribution in [0.3, 0.4) is 0 Å². The third-order valence-corrected chi connectivity index (χ3v) is 2.96. The molecule has 19 heavy (non-hydrogen) atoms. The highest BCUT2D eigenvalue weighted by Crippen LogP contribution is 2.22. The van der Waals surface area contributed by atoms with Gasteiger partial charge in [0.25, 0.3) is 0 Å². The van der Waals surface area contributed by atoms with Crippen LogP contribution in [0.2, 0.25) is 0 Å². The van der Waals surface area contributed by atoms with Crippen molar-refractivity contribution in [1.82, 2.24) is 5.32 Å². The van der Waals surface area contributed by atoms with Crippen LogP contribution in [0.5, 0.6) is 5.75 Å². The Kier molecular flexibility index (Phi) is 7.45. The summed E-state index contributed by atoms with van der Waals surface area (Å²) in [4.78, 5) is 0. The molecule has 0 radical (unpaired) electrons. The summed E-state index contributed by atoms with van der Waals surface area (Å²) in [6, 6.07) is 4.99. The van der Waals surface area contributed by atoms with E-state index in [0.29, 0.717) is 24.3 Å². The molecule has 1 aromatic rings. The lowest BCUT2D eigenvalue weighted by Crippen LogP contribution is -2.20. The lowest BCUT2D eigenvalue weighted by molar-refractivity contribution is 0.252. The number of halogens is 1. The lowest BCUT2D eigenvalue weighted by atomic mass is 10.1. The maximum Gasteiger partial charge on any atom is 0.131 e. The van der Waals surface area contributed by atoms with E-state index in [1.165, 1.54) is 6.07 Å². The normalized spacial score (nSPS) is 12.4. The standard InChI is InChI=1S/C15H24FNO2/c1-3-8-17-12(2)14-7-6-13(11-15(14)16)19-10-5-4-9-18/h6-7,11-12,17-18H,3-5,8-10H2,1-2H3. The summed E-state index contributed by atoms with van der Waals surface area (Å²) >= 11 is 0. The van der Waals surface area contributed by atoms with E-state index in [1.54, 1.807) is 12.1 Å². The topological polar surface area (TPSA) is 41.5 Å². The van der Waals surface area contributed by atoms with Crippen LogP contribution >= 0.6 is 0 Å². The molecular weight excluding hydrogens is 245 g/mol. The minimum Gasteiger partial charge on any atom is -0.493 e. The first-order valence-electron chi connectivity index (χ1n) is 6.95. The largest absolute Gasteiger partial charge is 0.493 e. The van der Waals surface area contributed by atoms with Gasteiger partial charge in [0.15, 0.2) is 0 Å². The first-order valence-corrected chi connectivity index (χ1v) is 6.95. The van der Waals surface area contributed by atoms with Crippen LogP contribution in [-0.2, 0) is 0 Å². The van der Waals surface area contributed by atoms with E-state index in [-0.39, 0.29) is 18.5 Å². The van der Waals surface area contributed by atoms with Crippen molar-refractivity contribution in [3.63, 3.8) is 0 Å². The Morgan fingerprint density at radius 2 is 2.16 bits per heavy atom. The van der Waals surface area contributed by atoms with Gasteiger partial charge in [0.1, 0.15) is 11.6 Å². The lowest BCUT2D eigenvalue weighted by Gasteiger charge is -2.15. The SMILES string of the molecule is CCCNC(C)c1ccc(OCCCCO)cc1F. The van der Waals surface area contributed by atoms with Gasteiger partial charge in [-0.2, -0.15) is 0 Å².